The van der Waals surface area contributed by atoms with E-state index in [1.807, 2.05) is 37.3 Å². The van der Waals surface area contributed by atoms with E-state index in [-0.39, 0.29) is 0 Å². The molecule has 0 amide bonds. The summed E-state index contributed by atoms with van der Waals surface area (Å²) in [6.07, 6.45) is 3.39. The van der Waals surface area contributed by atoms with Gasteiger partial charge in [0.1, 0.15) is 0 Å². The van der Waals surface area contributed by atoms with Gasteiger partial charge in [-0.1, -0.05) is 6.07 Å². The van der Waals surface area contributed by atoms with Gasteiger partial charge < -0.3 is 9.73 Å². The van der Waals surface area contributed by atoms with Crippen LogP contribution in [0.4, 0.5) is 5.69 Å². The summed E-state index contributed by atoms with van der Waals surface area (Å²) in [5.74, 6) is 0.756. The van der Waals surface area contributed by atoms with E-state index in [9.17, 15) is 0 Å². The van der Waals surface area contributed by atoms with Gasteiger partial charge in [0.05, 0.1) is 18.2 Å². The molecule has 2 heterocycles. The summed E-state index contributed by atoms with van der Waals surface area (Å²) < 4.78 is 6.73. The number of hydrogen-bond acceptors (Lipinski definition) is 5. The van der Waals surface area contributed by atoms with Crippen LogP contribution in [0.1, 0.15) is 11.4 Å². The molecule has 6 nitrogen and oxygen atoms in total. The van der Waals surface area contributed by atoms with Crippen molar-refractivity contribution in [2.75, 3.05) is 5.32 Å². The van der Waals surface area contributed by atoms with Gasteiger partial charge in [-0.25, -0.2) is 0 Å². The SMILES string of the molecule is Cc1nnnn1-c1cccc(NCc2ccoc2)c1. The Hall–Kier alpha value is -2.63. The van der Waals surface area contributed by atoms with Gasteiger partial charge in [-0.3, -0.25) is 0 Å². The topological polar surface area (TPSA) is 68.8 Å². The van der Waals surface area contributed by atoms with Gasteiger partial charge in [-0.05, 0) is 41.6 Å². The van der Waals surface area contributed by atoms with Crippen LogP contribution in [0.15, 0.2) is 47.3 Å². The van der Waals surface area contributed by atoms with Crippen molar-refractivity contribution in [3.8, 4) is 5.69 Å². The lowest BCUT2D eigenvalue weighted by atomic mass is 10.2. The average Bonchev–Trinajstić information content (AvgIpc) is 3.08. The lowest BCUT2D eigenvalue weighted by Crippen LogP contribution is -2.02. The van der Waals surface area contributed by atoms with Crippen LogP contribution < -0.4 is 5.32 Å². The number of aromatic nitrogens is 4. The van der Waals surface area contributed by atoms with Gasteiger partial charge in [0, 0.05) is 17.8 Å². The maximum absolute atomic E-state index is 5.03. The van der Waals surface area contributed by atoms with Crippen LogP contribution in [0.5, 0.6) is 0 Å². The molecule has 0 radical (unpaired) electrons. The third-order valence-electron chi connectivity index (χ3n) is 2.79. The van der Waals surface area contributed by atoms with Gasteiger partial charge in [0.25, 0.3) is 0 Å². The van der Waals surface area contributed by atoms with E-state index in [0.29, 0.717) is 6.54 Å². The number of anilines is 1. The molecular formula is C13H13N5O. The fourth-order valence-electron chi connectivity index (χ4n) is 1.82. The normalized spacial score (nSPS) is 10.6. The van der Waals surface area contributed by atoms with Gasteiger partial charge in [-0.2, -0.15) is 4.68 Å². The Bertz CT molecular complexity index is 659. The highest BCUT2D eigenvalue weighted by atomic mass is 16.3. The molecule has 3 aromatic rings. The number of aryl methyl sites for hydroxylation is 1. The minimum atomic E-state index is 0.717. The summed E-state index contributed by atoms with van der Waals surface area (Å²) in [6, 6.07) is 9.87. The first-order valence-electron chi connectivity index (χ1n) is 5.93. The van der Waals surface area contributed by atoms with Crippen LogP contribution in [0.3, 0.4) is 0 Å². The van der Waals surface area contributed by atoms with E-state index < -0.39 is 0 Å². The van der Waals surface area contributed by atoms with Crippen molar-refractivity contribution >= 4 is 5.69 Å². The van der Waals surface area contributed by atoms with Crippen molar-refractivity contribution in [3.63, 3.8) is 0 Å². The lowest BCUT2D eigenvalue weighted by molar-refractivity contribution is 0.564. The molecule has 0 aliphatic rings. The lowest BCUT2D eigenvalue weighted by Gasteiger charge is -2.07. The number of rotatable bonds is 4. The summed E-state index contributed by atoms with van der Waals surface area (Å²) in [5, 5.41) is 14.8. The maximum atomic E-state index is 5.03. The molecule has 0 unspecified atom stereocenters. The first kappa shape index (κ1) is 11.5. The highest BCUT2D eigenvalue weighted by Gasteiger charge is 2.04. The predicted molar refractivity (Wildman–Crippen MR) is 69.9 cm³/mol. The number of nitrogens with zero attached hydrogens (tertiary/aromatic N) is 4. The van der Waals surface area contributed by atoms with Gasteiger partial charge in [-0.15, -0.1) is 5.10 Å². The smallest absolute Gasteiger partial charge is 0.153 e. The predicted octanol–water partition coefficient (Wildman–Crippen LogP) is 2.18. The van der Waals surface area contributed by atoms with Crippen LogP contribution >= 0.6 is 0 Å². The van der Waals surface area contributed by atoms with Crippen molar-refractivity contribution in [3.05, 3.63) is 54.2 Å². The van der Waals surface area contributed by atoms with Crippen LogP contribution in [0, 0.1) is 6.92 Å². The molecule has 6 heteroatoms. The number of nitrogens with one attached hydrogen (secondary N) is 1. The Labute approximate surface area is 110 Å². The van der Waals surface area contributed by atoms with Gasteiger partial charge >= 0.3 is 0 Å². The number of hydrogen-bond donors (Lipinski definition) is 1. The highest BCUT2D eigenvalue weighted by molar-refractivity contribution is 5.51. The maximum Gasteiger partial charge on any atom is 0.153 e. The van der Waals surface area contributed by atoms with Crippen LogP contribution in [-0.4, -0.2) is 20.2 Å². The molecule has 0 aliphatic heterocycles. The van der Waals surface area contributed by atoms with Crippen molar-refractivity contribution in [1.29, 1.82) is 0 Å². The zero-order valence-corrected chi connectivity index (χ0v) is 10.4. The Morgan fingerprint density at radius 1 is 1.32 bits per heavy atom. The quantitative estimate of drug-likeness (QED) is 0.773. The zero-order valence-electron chi connectivity index (χ0n) is 10.4. The van der Waals surface area contributed by atoms with E-state index in [2.05, 4.69) is 20.8 Å². The summed E-state index contributed by atoms with van der Waals surface area (Å²) >= 11 is 0. The number of furan rings is 1. The second kappa shape index (κ2) is 4.93. The van der Waals surface area contributed by atoms with Crippen molar-refractivity contribution in [1.82, 2.24) is 20.2 Å². The standard InChI is InChI=1S/C13H13N5O/c1-10-15-16-17-18(10)13-4-2-3-12(7-13)14-8-11-5-6-19-9-11/h2-7,9,14H,8H2,1H3. The van der Waals surface area contributed by atoms with Gasteiger partial charge in [0.2, 0.25) is 0 Å². The van der Waals surface area contributed by atoms with E-state index in [0.717, 1.165) is 22.8 Å². The Morgan fingerprint density at radius 2 is 2.26 bits per heavy atom. The van der Waals surface area contributed by atoms with Crippen LogP contribution in [0.2, 0.25) is 0 Å². The first-order valence-corrected chi connectivity index (χ1v) is 5.93. The van der Waals surface area contributed by atoms with E-state index >= 15 is 0 Å². The fourth-order valence-corrected chi connectivity index (χ4v) is 1.82. The molecule has 0 bridgehead atoms. The highest BCUT2D eigenvalue weighted by Crippen LogP contribution is 2.15. The second-order valence-corrected chi connectivity index (χ2v) is 4.17. The number of benzene rings is 1. The third kappa shape index (κ3) is 2.47. The van der Waals surface area contributed by atoms with Crippen molar-refractivity contribution in [2.24, 2.45) is 0 Å². The number of tetrazole rings is 1. The van der Waals surface area contributed by atoms with Crippen molar-refractivity contribution in [2.45, 2.75) is 13.5 Å². The molecule has 3 rings (SSSR count). The fraction of sp³-hybridized carbons (Fsp3) is 0.154. The average molecular weight is 255 g/mol. The Balaban J connectivity index is 1.78. The van der Waals surface area contributed by atoms with Gasteiger partial charge in [0.15, 0.2) is 5.82 Å². The molecule has 96 valence electrons. The van der Waals surface area contributed by atoms with Crippen molar-refractivity contribution < 1.29 is 4.42 Å². The largest absolute Gasteiger partial charge is 0.472 e. The van der Waals surface area contributed by atoms with Crippen LogP contribution in [-0.2, 0) is 6.54 Å². The molecule has 0 atom stereocenters. The Kier molecular flexibility index (Phi) is 2.97. The second-order valence-electron chi connectivity index (χ2n) is 4.17. The Morgan fingerprint density at radius 3 is 3.00 bits per heavy atom. The first-order chi connectivity index (χ1) is 9.33. The molecule has 2 aromatic heterocycles. The molecule has 0 fully saturated rings. The minimum absolute atomic E-state index is 0.717. The molecule has 0 aliphatic carbocycles. The summed E-state index contributed by atoms with van der Waals surface area (Å²) in [7, 11) is 0. The van der Waals surface area contributed by atoms with E-state index in [4.69, 9.17) is 4.42 Å². The molecule has 1 N–H and O–H groups in total. The molecule has 19 heavy (non-hydrogen) atoms. The summed E-state index contributed by atoms with van der Waals surface area (Å²) in [6.45, 7) is 2.58. The van der Waals surface area contributed by atoms with E-state index in [1.165, 1.54) is 0 Å². The minimum Gasteiger partial charge on any atom is -0.472 e. The summed E-state index contributed by atoms with van der Waals surface area (Å²) in [5.41, 5.74) is 3.04. The summed E-state index contributed by atoms with van der Waals surface area (Å²) in [4.78, 5) is 0. The zero-order chi connectivity index (χ0) is 13.1. The molecule has 1 aromatic carbocycles. The monoisotopic (exact) mass is 255 g/mol. The molecule has 0 spiro atoms. The molecule has 0 saturated carbocycles. The third-order valence-corrected chi connectivity index (χ3v) is 2.79. The molecule has 0 saturated heterocycles. The molecular weight excluding hydrogens is 242 g/mol. The van der Waals surface area contributed by atoms with Crippen LogP contribution in [0.25, 0.3) is 5.69 Å². The van der Waals surface area contributed by atoms with E-state index in [1.54, 1.807) is 17.2 Å².